The second kappa shape index (κ2) is 9.57. The summed E-state index contributed by atoms with van der Waals surface area (Å²) < 4.78 is 80.9. The number of rotatable bonds is 5. The van der Waals surface area contributed by atoms with Gasteiger partial charge in [-0.05, 0) is 64.8 Å². The van der Waals surface area contributed by atoms with Gasteiger partial charge in [-0.15, -0.1) is 15.0 Å². The highest BCUT2D eigenvalue weighted by atomic mass is 19.4. The van der Waals surface area contributed by atoms with Crippen LogP contribution in [0.3, 0.4) is 0 Å². The fraction of sp³-hybridized carbons (Fsp3) is 0.379. The number of aromatic nitrogens is 3. The van der Waals surface area contributed by atoms with E-state index in [0.717, 1.165) is 5.56 Å². The number of phenolic OH excluding ortho intramolecular Hbond substituents is 1. The van der Waals surface area contributed by atoms with Crippen molar-refractivity contribution in [1.82, 2.24) is 15.0 Å². The second-order valence-corrected chi connectivity index (χ2v) is 11.7. The molecule has 0 bridgehead atoms. The lowest BCUT2D eigenvalue weighted by Gasteiger charge is -2.33. The standard InChI is InChI=1S/C29H29F6N3O/c1-26(2,3)16-27(4,5)19-13-18(10-17-11-20(28(30,31)32)14-21(12-17)29(33,34)35)25(39)24(15-19)38-36-22-8-6-7-9-23(22)37-38/h6-9,11-15,39H,10,16H2,1-5H3. The fourth-order valence-electron chi connectivity index (χ4n) is 5.09. The number of aromatic hydroxyl groups is 1. The Balaban J connectivity index is 1.91. The van der Waals surface area contributed by atoms with Gasteiger partial charge >= 0.3 is 12.4 Å². The van der Waals surface area contributed by atoms with Crippen LogP contribution >= 0.6 is 0 Å². The van der Waals surface area contributed by atoms with Crippen LogP contribution in [-0.4, -0.2) is 20.1 Å². The van der Waals surface area contributed by atoms with E-state index in [4.69, 9.17) is 0 Å². The lowest BCUT2D eigenvalue weighted by Crippen LogP contribution is -2.25. The fourth-order valence-corrected chi connectivity index (χ4v) is 5.09. The van der Waals surface area contributed by atoms with E-state index >= 15 is 0 Å². The Morgan fingerprint density at radius 1 is 0.718 bits per heavy atom. The number of hydrogen-bond donors (Lipinski definition) is 1. The van der Waals surface area contributed by atoms with E-state index in [-0.39, 0.29) is 40.5 Å². The van der Waals surface area contributed by atoms with Crippen molar-refractivity contribution in [2.45, 2.75) is 65.2 Å². The zero-order chi connectivity index (χ0) is 29.0. The average Bonchev–Trinajstić information content (AvgIpc) is 3.21. The number of nitrogens with zero attached hydrogens (tertiary/aromatic N) is 3. The zero-order valence-electron chi connectivity index (χ0n) is 22.2. The van der Waals surface area contributed by atoms with Gasteiger partial charge in [0.1, 0.15) is 22.5 Å². The first kappa shape index (κ1) is 28.4. The third-order valence-electron chi connectivity index (χ3n) is 6.47. The van der Waals surface area contributed by atoms with Gasteiger partial charge in [0.2, 0.25) is 0 Å². The maximum atomic E-state index is 13.5. The van der Waals surface area contributed by atoms with Crippen LogP contribution in [0.4, 0.5) is 26.3 Å². The van der Waals surface area contributed by atoms with Crippen LogP contribution in [0.5, 0.6) is 5.75 Å². The number of fused-ring (bicyclic) bond motifs is 1. The van der Waals surface area contributed by atoms with Gasteiger partial charge in [0, 0.05) is 12.0 Å². The van der Waals surface area contributed by atoms with Gasteiger partial charge in [0.15, 0.2) is 0 Å². The Hall–Kier alpha value is -3.56. The maximum absolute atomic E-state index is 13.5. The van der Waals surface area contributed by atoms with Crippen molar-refractivity contribution in [2.24, 2.45) is 5.41 Å². The van der Waals surface area contributed by atoms with Gasteiger partial charge in [-0.25, -0.2) is 0 Å². The molecular weight excluding hydrogens is 520 g/mol. The van der Waals surface area contributed by atoms with E-state index in [9.17, 15) is 31.4 Å². The number of alkyl halides is 6. The summed E-state index contributed by atoms with van der Waals surface area (Å²) in [4.78, 5) is 1.24. The molecule has 1 heterocycles. The summed E-state index contributed by atoms with van der Waals surface area (Å²) >= 11 is 0. The summed E-state index contributed by atoms with van der Waals surface area (Å²) in [5.41, 5.74) is -1.39. The third-order valence-corrected chi connectivity index (χ3v) is 6.47. The molecule has 3 aromatic carbocycles. The van der Waals surface area contributed by atoms with Gasteiger partial charge in [-0.1, -0.05) is 52.8 Å². The summed E-state index contributed by atoms with van der Waals surface area (Å²) in [5, 5.41) is 20.1. The van der Waals surface area contributed by atoms with E-state index in [0.29, 0.717) is 29.6 Å². The molecule has 1 aromatic heterocycles. The molecule has 0 aliphatic carbocycles. The van der Waals surface area contributed by atoms with Gasteiger partial charge < -0.3 is 5.11 Å². The van der Waals surface area contributed by atoms with Crippen molar-refractivity contribution in [1.29, 1.82) is 0 Å². The summed E-state index contributed by atoms with van der Waals surface area (Å²) in [6.45, 7) is 10.2. The minimum atomic E-state index is -4.97. The van der Waals surface area contributed by atoms with Gasteiger partial charge in [-0.2, -0.15) is 26.3 Å². The summed E-state index contributed by atoms with van der Waals surface area (Å²) in [6, 6.07) is 11.9. The molecule has 39 heavy (non-hydrogen) atoms. The van der Waals surface area contributed by atoms with Crippen LogP contribution < -0.4 is 0 Å². The van der Waals surface area contributed by atoms with E-state index in [1.54, 1.807) is 36.4 Å². The molecule has 4 aromatic rings. The molecule has 0 aliphatic rings. The Labute approximate surface area is 222 Å². The smallest absolute Gasteiger partial charge is 0.416 e. The molecular formula is C29H29F6N3O. The highest BCUT2D eigenvalue weighted by molar-refractivity contribution is 5.73. The van der Waals surface area contributed by atoms with Crippen LogP contribution in [0.15, 0.2) is 54.6 Å². The van der Waals surface area contributed by atoms with Crippen LogP contribution in [0.1, 0.15) is 68.9 Å². The summed E-state index contributed by atoms with van der Waals surface area (Å²) in [7, 11) is 0. The maximum Gasteiger partial charge on any atom is 0.416 e. The van der Waals surface area contributed by atoms with Crippen molar-refractivity contribution in [3.63, 3.8) is 0 Å². The van der Waals surface area contributed by atoms with E-state index < -0.39 is 28.9 Å². The van der Waals surface area contributed by atoms with Crippen LogP contribution in [-0.2, 0) is 24.2 Å². The Kier molecular flexibility index (Phi) is 6.98. The molecule has 0 amide bonds. The summed E-state index contributed by atoms with van der Waals surface area (Å²) in [6.07, 6.45) is -9.61. The van der Waals surface area contributed by atoms with E-state index in [2.05, 4.69) is 31.0 Å². The lowest BCUT2D eigenvalue weighted by molar-refractivity contribution is -0.143. The molecule has 0 atom stereocenters. The molecule has 4 nitrogen and oxygen atoms in total. The number of hydrogen-bond acceptors (Lipinski definition) is 3. The Bertz CT molecular complexity index is 1450. The first-order valence-corrected chi connectivity index (χ1v) is 12.3. The van der Waals surface area contributed by atoms with Crippen molar-refractivity contribution in [3.8, 4) is 11.4 Å². The van der Waals surface area contributed by atoms with Crippen LogP contribution in [0, 0.1) is 5.41 Å². The van der Waals surface area contributed by atoms with Crippen molar-refractivity contribution >= 4 is 11.0 Å². The number of benzene rings is 3. The Morgan fingerprint density at radius 3 is 1.69 bits per heavy atom. The molecule has 0 saturated heterocycles. The Morgan fingerprint density at radius 2 is 1.23 bits per heavy atom. The van der Waals surface area contributed by atoms with Crippen LogP contribution in [0.2, 0.25) is 0 Å². The molecule has 0 radical (unpaired) electrons. The van der Waals surface area contributed by atoms with E-state index in [1.807, 2.05) is 13.8 Å². The SMILES string of the molecule is CC(C)(C)CC(C)(C)c1cc(Cc2cc(C(F)(F)F)cc(C(F)(F)F)c2)c(O)c(-n2nc3ccccc3n2)c1. The third kappa shape index (κ3) is 6.37. The first-order valence-electron chi connectivity index (χ1n) is 12.3. The molecule has 1 N–H and O–H groups in total. The molecule has 0 fully saturated rings. The molecule has 4 rings (SSSR count). The van der Waals surface area contributed by atoms with Crippen molar-refractivity contribution < 1.29 is 31.4 Å². The minimum Gasteiger partial charge on any atom is -0.505 e. The minimum absolute atomic E-state index is 0.0941. The van der Waals surface area contributed by atoms with Gasteiger partial charge in [0.05, 0.1) is 11.1 Å². The largest absolute Gasteiger partial charge is 0.505 e. The van der Waals surface area contributed by atoms with Crippen molar-refractivity contribution in [2.75, 3.05) is 0 Å². The monoisotopic (exact) mass is 549 g/mol. The molecule has 0 unspecified atom stereocenters. The van der Waals surface area contributed by atoms with Crippen LogP contribution in [0.25, 0.3) is 16.7 Å². The van der Waals surface area contributed by atoms with E-state index in [1.165, 1.54) is 4.80 Å². The topological polar surface area (TPSA) is 50.9 Å². The predicted molar refractivity (Wildman–Crippen MR) is 137 cm³/mol. The average molecular weight is 550 g/mol. The first-order chi connectivity index (χ1) is 17.8. The second-order valence-electron chi connectivity index (χ2n) is 11.7. The highest BCUT2D eigenvalue weighted by Crippen LogP contribution is 2.41. The molecule has 0 spiro atoms. The quantitative estimate of drug-likeness (QED) is 0.254. The number of phenols is 1. The lowest BCUT2D eigenvalue weighted by atomic mass is 9.72. The number of halogens is 6. The van der Waals surface area contributed by atoms with Crippen molar-refractivity contribution in [3.05, 3.63) is 82.4 Å². The molecule has 0 aliphatic heterocycles. The summed E-state index contributed by atoms with van der Waals surface area (Å²) in [5.74, 6) is -0.323. The van der Waals surface area contributed by atoms with Gasteiger partial charge in [-0.3, -0.25) is 0 Å². The molecule has 10 heteroatoms. The normalized spacial score (nSPS) is 13.3. The zero-order valence-corrected chi connectivity index (χ0v) is 22.2. The van der Waals surface area contributed by atoms with Gasteiger partial charge in [0.25, 0.3) is 0 Å². The molecule has 0 saturated carbocycles. The predicted octanol–water partition coefficient (Wildman–Crippen LogP) is 8.47. The highest BCUT2D eigenvalue weighted by Gasteiger charge is 2.37. The molecule has 208 valence electrons.